The SMILES string of the molecule is Cc1ccc(C#N)cc1-c1ccc(CC(=O)c2c(F)cccc2F)cc1. The number of rotatable bonds is 4. The molecule has 0 aromatic heterocycles. The minimum absolute atomic E-state index is 0.0879. The Morgan fingerprint density at radius 3 is 2.27 bits per heavy atom. The summed E-state index contributed by atoms with van der Waals surface area (Å²) in [6.07, 6.45) is -0.0879. The van der Waals surface area contributed by atoms with Gasteiger partial charge in [-0.3, -0.25) is 4.79 Å². The van der Waals surface area contributed by atoms with Crippen LogP contribution in [0.3, 0.4) is 0 Å². The molecule has 0 aliphatic carbocycles. The van der Waals surface area contributed by atoms with E-state index in [0.717, 1.165) is 28.8 Å². The van der Waals surface area contributed by atoms with E-state index in [0.29, 0.717) is 11.1 Å². The average molecular weight is 347 g/mol. The first kappa shape index (κ1) is 17.5. The molecular weight excluding hydrogens is 332 g/mol. The molecule has 0 fully saturated rings. The molecule has 0 saturated heterocycles. The molecule has 0 atom stereocenters. The lowest BCUT2D eigenvalue weighted by molar-refractivity contribution is 0.0985. The van der Waals surface area contributed by atoms with E-state index < -0.39 is 23.0 Å². The molecule has 0 N–H and O–H groups in total. The van der Waals surface area contributed by atoms with Crippen molar-refractivity contribution in [3.63, 3.8) is 0 Å². The topological polar surface area (TPSA) is 40.9 Å². The van der Waals surface area contributed by atoms with E-state index >= 15 is 0 Å². The number of Topliss-reactive ketones (excluding diaryl/α,β-unsaturated/α-hetero) is 1. The molecule has 26 heavy (non-hydrogen) atoms. The van der Waals surface area contributed by atoms with E-state index in [4.69, 9.17) is 5.26 Å². The summed E-state index contributed by atoms with van der Waals surface area (Å²) < 4.78 is 27.4. The summed E-state index contributed by atoms with van der Waals surface area (Å²) in [5.41, 5.74) is 3.60. The number of carbonyl (C=O) groups is 1. The predicted octanol–water partition coefficient (Wildman–Crippen LogP) is 5.24. The van der Waals surface area contributed by atoms with Gasteiger partial charge >= 0.3 is 0 Å². The second-order valence-corrected chi connectivity index (χ2v) is 6.04. The van der Waals surface area contributed by atoms with Gasteiger partial charge in [-0.1, -0.05) is 36.4 Å². The maximum atomic E-state index is 13.7. The number of halogens is 2. The second-order valence-electron chi connectivity index (χ2n) is 6.04. The molecule has 4 heteroatoms. The smallest absolute Gasteiger partial charge is 0.173 e. The van der Waals surface area contributed by atoms with Crippen molar-refractivity contribution < 1.29 is 13.6 Å². The minimum Gasteiger partial charge on any atom is -0.294 e. The highest BCUT2D eigenvalue weighted by molar-refractivity contribution is 5.98. The van der Waals surface area contributed by atoms with Crippen LogP contribution in [0.4, 0.5) is 8.78 Å². The molecule has 0 unspecified atom stereocenters. The van der Waals surface area contributed by atoms with Crippen molar-refractivity contribution in [1.29, 1.82) is 5.26 Å². The van der Waals surface area contributed by atoms with Crippen LogP contribution in [0.25, 0.3) is 11.1 Å². The molecule has 2 nitrogen and oxygen atoms in total. The fraction of sp³-hybridized carbons (Fsp3) is 0.0909. The Kier molecular flexibility index (Phi) is 4.90. The Hall–Kier alpha value is -3.32. The molecule has 0 aliphatic heterocycles. The number of ketones is 1. The molecule has 0 radical (unpaired) electrons. The molecule has 3 aromatic rings. The van der Waals surface area contributed by atoms with Crippen molar-refractivity contribution in [2.75, 3.05) is 0 Å². The van der Waals surface area contributed by atoms with Gasteiger partial charge in [-0.2, -0.15) is 5.26 Å². The lowest BCUT2D eigenvalue weighted by Gasteiger charge is -2.08. The zero-order valence-electron chi connectivity index (χ0n) is 14.1. The van der Waals surface area contributed by atoms with E-state index in [1.54, 1.807) is 18.2 Å². The van der Waals surface area contributed by atoms with Crippen LogP contribution in [0.1, 0.15) is 27.0 Å². The summed E-state index contributed by atoms with van der Waals surface area (Å²) in [6, 6.07) is 18.1. The van der Waals surface area contributed by atoms with Crippen LogP contribution in [-0.2, 0) is 6.42 Å². The van der Waals surface area contributed by atoms with Crippen molar-refractivity contribution in [1.82, 2.24) is 0 Å². The van der Waals surface area contributed by atoms with Crippen LogP contribution in [0.5, 0.6) is 0 Å². The normalized spacial score (nSPS) is 10.4. The molecule has 0 saturated carbocycles. The van der Waals surface area contributed by atoms with Crippen LogP contribution >= 0.6 is 0 Å². The van der Waals surface area contributed by atoms with Crippen molar-refractivity contribution in [2.45, 2.75) is 13.3 Å². The van der Waals surface area contributed by atoms with Crippen LogP contribution < -0.4 is 0 Å². The minimum atomic E-state index is -0.851. The molecular formula is C22H15F2NO. The van der Waals surface area contributed by atoms with Gasteiger partial charge in [0.25, 0.3) is 0 Å². The predicted molar refractivity (Wildman–Crippen MR) is 95.7 cm³/mol. The van der Waals surface area contributed by atoms with Crippen LogP contribution in [-0.4, -0.2) is 5.78 Å². The third kappa shape index (κ3) is 3.52. The number of aryl methyl sites for hydroxylation is 1. The van der Waals surface area contributed by atoms with Gasteiger partial charge in [-0.25, -0.2) is 8.78 Å². The van der Waals surface area contributed by atoms with Gasteiger partial charge in [-0.05, 0) is 53.4 Å². The van der Waals surface area contributed by atoms with E-state index in [1.165, 1.54) is 6.07 Å². The van der Waals surface area contributed by atoms with Crippen molar-refractivity contribution in [3.8, 4) is 17.2 Å². The highest BCUT2D eigenvalue weighted by atomic mass is 19.1. The monoisotopic (exact) mass is 347 g/mol. The van der Waals surface area contributed by atoms with Gasteiger partial charge in [0.05, 0.1) is 17.2 Å². The largest absolute Gasteiger partial charge is 0.294 e. The first-order valence-electron chi connectivity index (χ1n) is 8.07. The number of nitriles is 1. The van der Waals surface area contributed by atoms with E-state index in [1.807, 2.05) is 31.2 Å². The molecule has 0 heterocycles. The number of nitrogens with zero attached hydrogens (tertiary/aromatic N) is 1. The molecule has 128 valence electrons. The lowest BCUT2D eigenvalue weighted by atomic mass is 9.96. The highest BCUT2D eigenvalue weighted by Crippen LogP contribution is 2.25. The summed E-state index contributed by atoms with van der Waals surface area (Å²) in [6.45, 7) is 1.95. The zero-order valence-corrected chi connectivity index (χ0v) is 14.1. The average Bonchev–Trinajstić information content (AvgIpc) is 2.63. The fourth-order valence-electron chi connectivity index (χ4n) is 2.84. The van der Waals surface area contributed by atoms with Crippen molar-refractivity contribution in [2.24, 2.45) is 0 Å². The Balaban J connectivity index is 1.85. The molecule has 0 spiro atoms. The molecule has 3 aromatic carbocycles. The fourth-order valence-corrected chi connectivity index (χ4v) is 2.84. The number of hydrogen-bond acceptors (Lipinski definition) is 2. The Morgan fingerprint density at radius 2 is 1.65 bits per heavy atom. The first-order chi connectivity index (χ1) is 12.5. The lowest BCUT2D eigenvalue weighted by Crippen LogP contribution is -2.09. The number of hydrogen-bond donors (Lipinski definition) is 0. The molecule has 0 amide bonds. The van der Waals surface area contributed by atoms with Gasteiger partial charge in [-0.15, -0.1) is 0 Å². The van der Waals surface area contributed by atoms with E-state index in [2.05, 4.69) is 6.07 Å². The molecule has 3 rings (SSSR count). The standard InChI is InChI=1S/C22H15F2NO/c1-14-5-6-16(13-25)11-18(14)17-9-7-15(8-10-17)12-21(26)22-19(23)3-2-4-20(22)24/h2-11H,12H2,1H3. The van der Waals surface area contributed by atoms with Crippen LogP contribution in [0.2, 0.25) is 0 Å². The van der Waals surface area contributed by atoms with Crippen molar-refractivity contribution >= 4 is 5.78 Å². The third-order valence-corrected chi connectivity index (χ3v) is 4.24. The van der Waals surface area contributed by atoms with Crippen LogP contribution in [0.15, 0.2) is 60.7 Å². The van der Waals surface area contributed by atoms with E-state index in [9.17, 15) is 13.6 Å². The third-order valence-electron chi connectivity index (χ3n) is 4.24. The Labute approximate surface area is 150 Å². The van der Waals surface area contributed by atoms with Gasteiger partial charge in [0.15, 0.2) is 5.78 Å². The summed E-state index contributed by atoms with van der Waals surface area (Å²) in [5.74, 6) is -2.30. The second kappa shape index (κ2) is 7.28. The Morgan fingerprint density at radius 1 is 1.00 bits per heavy atom. The van der Waals surface area contributed by atoms with Crippen LogP contribution in [0, 0.1) is 29.9 Å². The highest BCUT2D eigenvalue weighted by Gasteiger charge is 2.17. The van der Waals surface area contributed by atoms with Gasteiger partial charge in [0.1, 0.15) is 11.6 Å². The number of carbonyl (C=O) groups excluding carboxylic acids is 1. The van der Waals surface area contributed by atoms with Gasteiger partial charge < -0.3 is 0 Å². The maximum Gasteiger partial charge on any atom is 0.173 e. The molecule has 0 bridgehead atoms. The van der Waals surface area contributed by atoms with Gasteiger partial charge in [0, 0.05) is 6.42 Å². The Bertz CT molecular complexity index is 997. The summed E-state index contributed by atoms with van der Waals surface area (Å²) in [7, 11) is 0. The quantitative estimate of drug-likeness (QED) is 0.606. The summed E-state index contributed by atoms with van der Waals surface area (Å²) in [4.78, 5) is 12.2. The summed E-state index contributed by atoms with van der Waals surface area (Å²) in [5, 5.41) is 9.05. The van der Waals surface area contributed by atoms with E-state index in [-0.39, 0.29) is 6.42 Å². The summed E-state index contributed by atoms with van der Waals surface area (Å²) >= 11 is 0. The maximum absolute atomic E-state index is 13.7. The number of benzene rings is 3. The van der Waals surface area contributed by atoms with Gasteiger partial charge in [0.2, 0.25) is 0 Å². The molecule has 0 aliphatic rings. The first-order valence-corrected chi connectivity index (χ1v) is 8.07. The zero-order chi connectivity index (χ0) is 18.7. The van der Waals surface area contributed by atoms with Crippen molar-refractivity contribution in [3.05, 3.63) is 94.6 Å².